The third kappa shape index (κ3) is 2.81. The van der Waals surface area contributed by atoms with Crippen molar-refractivity contribution < 1.29 is 4.79 Å². The van der Waals surface area contributed by atoms with E-state index >= 15 is 0 Å². The minimum atomic E-state index is -0.168. The highest BCUT2D eigenvalue weighted by Gasteiger charge is 2.28. The lowest BCUT2D eigenvalue weighted by atomic mass is 10.1. The smallest absolute Gasteiger partial charge is 0.256 e. The molecule has 0 bridgehead atoms. The van der Waals surface area contributed by atoms with Gasteiger partial charge in [0.1, 0.15) is 11.2 Å². The molecule has 2 aromatic rings. The first kappa shape index (κ1) is 15.9. The normalized spacial score (nSPS) is 16.5. The molecule has 0 saturated heterocycles. The average Bonchev–Trinajstić information content (AvgIpc) is 2.84. The van der Waals surface area contributed by atoms with Crippen LogP contribution in [0.5, 0.6) is 0 Å². The summed E-state index contributed by atoms with van der Waals surface area (Å²) in [5.74, 6) is 0.0124. The van der Waals surface area contributed by atoms with Gasteiger partial charge >= 0.3 is 0 Å². The first-order valence-electron chi connectivity index (χ1n) is 8.07. The molecule has 2 N–H and O–H groups in total. The summed E-state index contributed by atoms with van der Waals surface area (Å²) in [5.41, 5.74) is 4.15. The van der Waals surface area contributed by atoms with Crippen LogP contribution in [-0.2, 0) is 0 Å². The number of aryl methyl sites for hydroxylation is 1. The molecule has 5 heteroatoms. The van der Waals surface area contributed by atoms with E-state index in [2.05, 4.69) is 60.6 Å². The van der Waals surface area contributed by atoms with Crippen LogP contribution >= 0.6 is 11.3 Å². The van der Waals surface area contributed by atoms with E-state index in [-0.39, 0.29) is 12.1 Å². The van der Waals surface area contributed by atoms with Gasteiger partial charge in [0, 0.05) is 23.7 Å². The lowest BCUT2D eigenvalue weighted by molar-refractivity contribution is 0.0936. The Kier molecular flexibility index (Phi) is 4.31. The molecule has 122 valence electrons. The molecule has 23 heavy (non-hydrogen) atoms. The molecule has 1 aliphatic rings. The van der Waals surface area contributed by atoms with E-state index < -0.39 is 0 Å². The summed E-state index contributed by atoms with van der Waals surface area (Å²) < 4.78 is 0. The number of fused-ring (bicyclic) bond motifs is 1. The highest BCUT2D eigenvalue weighted by Crippen LogP contribution is 2.37. The van der Waals surface area contributed by atoms with E-state index in [4.69, 9.17) is 0 Å². The molecule has 4 nitrogen and oxygen atoms in total. The maximum absolute atomic E-state index is 12.4. The van der Waals surface area contributed by atoms with Crippen LogP contribution in [-0.4, -0.2) is 19.0 Å². The molecular formula is C18H23N3OS. The summed E-state index contributed by atoms with van der Waals surface area (Å²) in [6, 6.07) is 8.42. The first-order valence-corrected chi connectivity index (χ1v) is 8.89. The first-order chi connectivity index (χ1) is 11.0. The molecule has 0 saturated carbocycles. The zero-order valence-corrected chi connectivity index (χ0v) is 14.9. The van der Waals surface area contributed by atoms with Crippen LogP contribution in [0, 0.1) is 13.8 Å². The molecular weight excluding hydrogens is 306 g/mol. The predicted octanol–water partition coefficient (Wildman–Crippen LogP) is 4.07. The van der Waals surface area contributed by atoms with Gasteiger partial charge in [-0.15, -0.1) is 11.3 Å². The summed E-state index contributed by atoms with van der Waals surface area (Å²) in [7, 11) is 0. The SMILES string of the molecule is CCN(CC)c1ccc(C2NC(=O)c3c(sc(C)c3C)N2)cc1. The van der Waals surface area contributed by atoms with Crippen molar-refractivity contribution in [2.75, 3.05) is 23.3 Å². The van der Waals surface area contributed by atoms with Crippen molar-refractivity contribution in [1.29, 1.82) is 0 Å². The topological polar surface area (TPSA) is 44.4 Å². The molecule has 0 spiro atoms. The molecule has 0 aliphatic carbocycles. The predicted molar refractivity (Wildman–Crippen MR) is 97.6 cm³/mol. The third-order valence-corrected chi connectivity index (χ3v) is 5.66. The van der Waals surface area contributed by atoms with Gasteiger partial charge in [0.25, 0.3) is 5.91 Å². The number of hydrogen-bond acceptors (Lipinski definition) is 4. The van der Waals surface area contributed by atoms with Crippen LogP contribution in [0.15, 0.2) is 24.3 Å². The maximum Gasteiger partial charge on any atom is 0.256 e. The van der Waals surface area contributed by atoms with Crippen LogP contribution in [0.3, 0.4) is 0 Å². The van der Waals surface area contributed by atoms with E-state index in [1.807, 2.05) is 6.92 Å². The van der Waals surface area contributed by atoms with Crippen molar-refractivity contribution in [1.82, 2.24) is 5.32 Å². The number of benzene rings is 1. The number of rotatable bonds is 4. The number of carbonyl (C=O) groups is 1. The van der Waals surface area contributed by atoms with Gasteiger partial charge in [-0.05, 0) is 51.0 Å². The van der Waals surface area contributed by atoms with Gasteiger partial charge in [-0.25, -0.2) is 0 Å². The highest BCUT2D eigenvalue weighted by molar-refractivity contribution is 7.16. The van der Waals surface area contributed by atoms with E-state index in [0.717, 1.165) is 34.8 Å². The summed E-state index contributed by atoms with van der Waals surface area (Å²) in [5, 5.41) is 7.49. The number of nitrogens with zero attached hydrogens (tertiary/aromatic N) is 1. The monoisotopic (exact) mass is 329 g/mol. The van der Waals surface area contributed by atoms with E-state index in [0.29, 0.717) is 0 Å². The molecule has 1 unspecified atom stereocenters. The van der Waals surface area contributed by atoms with Crippen molar-refractivity contribution in [2.45, 2.75) is 33.9 Å². The summed E-state index contributed by atoms with van der Waals surface area (Å²) in [6.45, 7) is 10.4. The van der Waals surface area contributed by atoms with Crippen molar-refractivity contribution in [2.24, 2.45) is 0 Å². The largest absolute Gasteiger partial charge is 0.372 e. The number of anilines is 2. The van der Waals surface area contributed by atoms with Crippen molar-refractivity contribution >= 4 is 27.9 Å². The van der Waals surface area contributed by atoms with Crippen LogP contribution in [0.25, 0.3) is 0 Å². The number of nitrogens with one attached hydrogen (secondary N) is 2. The zero-order chi connectivity index (χ0) is 16.6. The Morgan fingerprint density at radius 2 is 1.74 bits per heavy atom. The molecule has 1 aromatic heterocycles. The van der Waals surface area contributed by atoms with E-state index in [1.165, 1.54) is 10.6 Å². The molecule has 1 aromatic carbocycles. The standard InChI is InChI=1S/C18H23N3OS/c1-5-21(6-2)14-9-7-13(8-10-14)16-19-17(22)15-11(3)12(4)23-18(15)20-16/h7-10,16,20H,5-6H2,1-4H3,(H,19,22). The van der Waals surface area contributed by atoms with Crippen molar-refractivity contribution in [3.63, 3.8) is 0 Å². The van der Waals surface area contributed by atoms with E-state index in [9.17, 15) is 4.79 Å². The van der Waals surface area contributed by atoms with Gasteiger partial charge in [0.2, 0.25) is 0 Å². The Morgan fingerprint density at radius 3 is 2.35 bits per heavy atom. The minimum Gasteiger partial charge on any atom is -0.372 e. The second-order valence-electron chi connectivity index (χ2n) is 5.80. The molecule has 0 fully saturated rings. The summed E-state index contributed by atoms with van der Waals surface area (Å²) in [4.78, 5) is 15.9. The second kappa shape index (κ2) is 6.24. The fourth-order valence-corrected chi connectivity index (χ4v) is 4.09. The van der Waals surface area contributed by atoms with Gasteiger partial charge in [-0.3, -0.25) is 4.79 Å². The fourth-order valence-electron chi connectivity index (χ4n) is 3.01. The van der Waals surface area contributed by atoms with Crippen molar-refractivity contribution in [3.8, 4) is 0 Å². The molecule has 1 amide bonds. The summed E-state index contributed by atoms with van der Waals surface area (Å²) >= 11 is 1.65. The van der Waals surface area contributed by atoms with Crippen LogP contribution in [0.2, 0.25) is 0 Å². The number of amides is 1. The second-order valence-corrected chi connectivity index (χ2v) is 7.03. The molecule has 2 heterocycles. The molecule has 3 rings (SSSR count). The van der Waals surface area contributed by atoms with Gasteiger partial charge in [-0.2, -0.15) is 0 Å². The quantitative estimate of drug-likeness (QED) is 0.889. The minimum absolute atomic E-state index is 0.0124. The Labute approximate surface area is 141 Å². The van der Waals surface area contributed by atoms with Crippen LogP contribution in [0.4, 0.5) is 10.7 Å². The van der Waals surface area contributed by atoms with E-state index in [1.54, 1.807) is 11.3 Å². The van der Waals surface area contributed by atoms with Crippen LogP contribution < -0.4 is 15.5 Å². The Balaban J connectivity index is 1.85. The molecule has 0 radical (unpaired) electrons. The number of hydrogen-bond donors (Lipinski definition) is 2. The lowest BCUT2D eigenvalue weighted by Gasteiger charge is -2.27. The summed E-state index contributed by atoms with van der Waals surface area (Å²) in [6.07, 6.45) is -0.168. The van der Waals surface area contributed by atoms with Gasteiger partial charge in [-0.1, -0.05) is 12.1 Å². The number of thiophene rings is 1. The number of carbonyl (C=O) groups excluding carboxylic acids is 1. The van der Waals surface area contributed by atoms with Gasteiger partial charge in [0.05, 0.1) is 5.56 Å². The van der Waals surface area contributed by atoms with Gasteiger partial charge in [0.15, 0.2) is 0 Å². The third-order valence-electron chi connectivity index (χ3n) is 4.52. The van der Waals surface area contributed by atoms with Gasteiger partial charge < -0.3 is 15.5 Å². The molecule has 1 atom stereocenters. The fraction of sp³-hybridized carbons (Fsp3) is 0.389. The Hall–Kier alpha value is -2.01. The van der Waals surface area contributed by atoms with Crippen LogP contribution in [0.1, 0.15) is 46.4 Å². The Morgan fingerprint density at radius 1 is 1.09 bits per heavy atom. The zero-order valence-electron chi connectivity index (χ0n) is 14.1. The lowest BCUT2D eigenvalue weighted by Crippen LogP contribution is -2.38. The highest BCUT2D eigenvalue weighted by atomic mass is 32.1. The average molecular weight is 329 g/mol. The Bertz CT molecular complexity index is 717. The maximum atomic E-state index is 12.4. The molecule has 1 aliphatic heterocycles. The van der Waals surface area contributed by atoms with Crippen molar-refractivity contribution in [3.05, 3.63) is 45.8 Å².